The molecule has 134 valence electrons. The van der Waals surface area contributed by atoms with Crippen LogP contribution in [0.5, 0.6) is 11.5 Å². The fourth-order valence-electron chi connectivity index (χ4n) is 2.48. The van der Waals surface area contributed by atoms with Crippen molar-refractivity contribution in [1.82, 2.24) is 10.2 Å². The van der Waals surface area contributed by atoms with Gasteiger partial charge in [-0.05, 0) is 11.6 Å². The number of hydrogen-bond donors (Lipinski definition) is 1. The highest BCUT2D eigenvalue weighted by molar-refractivity contribution is 7.15. The van der Waals surface area contributed by atoms with Gasteiger partial charge in [-0.3, -0.25) is 4.79 Å². The second kappa shape index (κ2) is 8.44. The van der Waals surface area contributed by atoms with E-state index in [1.807, 2.05) is 36.4 Å². The SMILES string of the molecule is COc1ccc(CC(=O)Nc2nnc(Cc3ccccc3)s2)c(OC)c1. The zero-order valence-electron chi connectivity index (χ0n) is 14.6. The highest BCUT2D eigenvalue weighted by Gasteiger charge is 2.13. The zero-order chi connectivity index (χ0) is 18.4. The molecule has 0 spiro atoms. The predicted molar refractivity (Wildman–Crippen MR) is 101 cm³/mol. The molecule has 7 heteroatoms. The largest absolute Gasteiger partial charge is 0.497 e. The number of hydrogen-bond acceptors (Lipinski definition) is 6. The molecule has 26 heavy (non-hydrogen) atoms. The number of nitrogens with one attached hydrogen (secondary N) is 1. The van der Waals surface area contributed by atoms with Gasteiger partial charge in [0.1, 0.15) is 16.5 Å². The molecule has 1 N–H and O–H groups in total. The van der Waals surface area contributed by atoms with Crippen LogP contribution in [0.3, 0.4) is 0 Å². The molecular weight excluding hydrogens is 350 g/mol. The molecule has 3 rings (SSSR count). The van der Waals surface area contributed by atoms with Crippen LogP contribution in [-0.2, 0) is 17.6 Å². The number of anilines is 1. The quantitative estimate of drug-likeness (QED) is 0.692. The first kappa shape index (κ1) is 17.9. The Morgan fingerprint density at radius 2 is 1.88 bits per heavy atom. The van der Waals surface area contributed by atoms with Gasteiger partial charge in [0.2, 0.25) is 11.0 Å². The van der Waals surface area contributed by atoms with E-state index >= 15 is 0 Å². The standard InChI is InChI=1S/C19H19N3O3S/c1-24-15-9-8-14(16(12-15)25-2)11-17(23)20-19-22-21-18(26-19)10-13-6-4-3-5-7-13/h3-9,12H,10-11H2,1-2H3,(H,20,22,23). The normalized spacial score (nSPS) is 10.4. The maximum absolute atomic E-state index is 12.3. The molecular formula is C19H19N3O3S. The molecule has 0 unspecified atom stereocenters. The number of ether oxygens (including phenoxy) is 2. The number of rotatable bonds is 7. The fourth-order valence-corrected chi connectivity index (χ4v) is 3.27. The summed E-state index contributed by atoms with van der Waals surface area (Å²) in [6.07, 6.45) is 0.876. The molecule has 0 saturated heterocycles. The van der Waals surface area contributed by atoms with Crippen LogP contribution in [0.2, 0.25) is 0 Å². The maximum atomic E-state index is 12.3. The molecule has 0 aliphatic heterocycles. The Morgan fingerprint density at radius 1 is 1.08 bits per heavy atom. The maximum Gasteiger partial charge on any atom is 0.230 e. The molecule has 0 aliphatic rings. The van der Waals surface area contributed by atoms with Gasteiger partial charge >= 0.3 is 0 Å². The monoisotopic (exact) mass is 369 g/mol. The second-order valence-electron chi connectivity index (χ2n) is 5.57. The van der Waals surface area contributed by atoms with Crippen LogP contribution in [0.15, 0.2) is 48.5 Å². The van der Waals surface area contributed by atoms with Gasteiger partial charge in [0.05, 0.1) is 20.6 Å². The van der Waals surface area contributed by atoms with Gasteiger partial charge in [0, 0.05) is 18.1 Å². The third kappa shape index (κ3) is 4.58. The number of nitrogens with zero attached hydrogens (tertiary/aromatic N) is 2. The lowest BCUT2D eigenvalue weighted by Crippen LogP contribution is -2.14. The Morgan fingerprint density at radius 3 is 2.62 bits per heavy atom. The number of methoxy groups -OCH3 is 2. The molecule has 1 heterocycles. The van der Waals surface area contributed by atoms with Crippen LogP contribution in [-0.4, -0.2) is 30.3 Å². The summed E-state index contributed by atoms with van der Waals surface area (Å²) in [6, 6.07) is 15.4. The first-order valence-corrected chi connectivity index (χ1v) is 8.86. The molecule has 0 saturated carbocycles. The zero-order valence-corrected chi connectivity index (χ0v) is 15.4. The van der Waals surface area contributed by atoms with E-state index < -0.39 is 0 Å². The van der Waals surface area contributed by atoms with Gasteiger partial charge < -0.3 is 14.8 Å². The summed E-state index contributed by atoms with van der Waals surface area (Å²) in [4.78, 5) is 12.3. The van der Waals surface area contributed by atoms with E-state index in [-0.39, 0.29) is 12.3 Å². The van der Waals surface area contributed by atoms with Crippen molar-refractivity contribution in [3.63, 3.8) is 0 Å². The number of benzene rings is 2. The molecule has 0 atom stereocenters. The number of carbonyl (C=O) groups excluding carboxylic acids is 1. The fraction of sp³-hybridized carbons (Fsp3) is 0.211. The van der Waals surface area contributed by atoms with Gasteiger partial charge in [0.15, 0.2) is 0 Å². The Labute approximate surface area is 155 Å². The smallest absolute Gasteiger partial charge is 0.230 e. The summed E-state index contributed by atoms with van der Waals surface area (Å²) in [5.41, 5.74) is 1.93. The second-order valence-corrected chi connectivity index (χ2v) is 6.63. The molecule has 0 radical (unpaired) electrons. The number of carbonyl (C=O) groups is 1. The van der Waals surface area contributed by atoms with Crippen molar-refractivity contribution in [2.24, 2.45) is 0 Å². The highest BCUT2D eigenvalue weighted by Crippen LogP contribution is 2.25. The van der Waals surface area contributed by atoms with E-state index in [4.69, 9.17) is 9.47 Å². The van der Waals surface area contributed by atoms with Crippen LogP contribution >= 0.6 is 11.3 Å². The molecule has 2 aromatic carbocycles. The van der Waals surface area contributed by atoms with Gasteiger partial charge in [-0.1, -0.05) is 47.7 Å². The first-order chi connectivity index (χ1) is 12.7. The minimum Gasteiger partial charge on any atom is -0.497 e. The summed E-state index contributed by atoms with van der Waals surface area (Å²) in [6.45, 7) is 0. The topological polar surface area (TPSA) is 73.3 Å². The van der Waals surface area contributed by atoms with Gasteiger partial charge in [0.25, 0.3) is 0 Å². The van der Waals surface area contributed by atoms with E-state index in [1.165, 1.54) is 11.3 Å². The molecule has 6 nitrogen and oxygen atoms in total. The Bertz CT molecular complexity index is 881. The van der Waals surface area contributed by atoms with Crippen molar-refractivity contribution in [2.75, 3.05) is 19.5 Å². The Kier molecular flexibility index (Phi) is 5.80. The third-order valence-corrected chi connectivity index (χ3v) is 4.60. The summed E-state index contributed by atoms with van der Waals surface area (Å²) in [5, 5.41) is 12.3. The van der Waals surface area contributed by atoms with E-state index in [0.29, 0.717) is 23.1 Å². The molecule has 1 aromatic heterocycles. The van der Waals surface area contributed by atoms with Crippen molar-refractivity contribution in [3.8, 4) is 11.5 Å². The van der Waals surface area contributed by atoms with Crippen molar-refractivity contribution in [1.29, 1.82) is 0 Å². The highest BCUT2D eigenvalue weighted by atomic mass is 32.1. The summed E-state index contributed by atoms with van der Waals surface area (Å²) in [7, 11) is 3.15. The van der Waals surface area contributed by atoms with Crippen LogP contribution in [0.1, 0.15) is 16.1 Å². The Balaban J connectivity index is 1.62. The number of amides is 1. The van der Waals surface area contributed by atoms with Crippen LogP contribution in [0.25, 0.3) is 0 Å². The van der Waals surface area contributed by atoms with Gasteiger partial charge in [-0.25, -0.2) is 0 Å². The Hall–Kier alpha value is -2.93. The van der Waals surface area contributed by atoms with Gasteiger partial charge in [-0.15, -0.1) is 10.2 Å². The van der Waals surface area contributed by atoms with E-state index in [9.17, 15) is 4.79 Å². The van der Waals surface area contributed by atoms with E-state index in [1.54, 1.807) is 26.4 Å². The third-order valence-electron chi connectivity index (χ3n) is 3.76. The molecule has 3 aromatic rings. The average molecular weight is 369 g/mol. The summed E-state index contributed by atoms with van der Waals surface area (Å²) >= 11 is 1.38. The van der Waals surface area contributed by atoms with Crippen LogP contribution in [0, 0.1) is 0 Å². The molecule has 0 fully saturated rings. The van der Waals surface area contributed by atoms with Crippen LogP contribution < -0.4 is 14.8 Å². The molecule has 0 aliphatic carbocycles. The van der Waals surface area contributed by atoms with E-state index in [2.05, 4.69) is 15.5 Å². The average Bonchev–Trinajstić information content (AvgIpc) is 3.09. The summed E-state index contributed by atoms with van der Waals surface area (Å²) in [5.74, 6) is 1.12. The van der Waals surface area contributed by atoms with Crippen molar-refractivity contribution in [2.45, 2.75) is 12.8 Å². The number of aromatic nitrogens is 2. The van der Waals surface area contributed by atoms with Crippen molar-refractivity contribution < 1.29 is 14.3 Å². The van der Waals surface area contributed by atoms with Crippen LogP contribution in [0.4, 0.5) is 5.13 Å². The lowest BCUT2D eigenvalue weighted by Gasteiger charge is -2.09. The first-order valence-electron chi connectivity index (χ1n) is 8.05. The van der Waals surface area contributed by atoms with E-state index in [0.717, 1.165) is 16.1 Å². The minimum absolute atomic E-state index is 0.170. The van der Waals surface area contributed by atoms with Crippen molar-refractivity contribution in [3.05, 3.63) is 64.7 Å². The summed E-state index contributed by atoms with van der Waals surface area (Å²) < 4.78 is 10.5. The van der Waals surface area contributed by atoms with Crippen molar-refractivity contribution >= 4 is 22.4 Å². The lowest BCUT2D eigenvalue weighted by atomic mass is 10.1. The molecule has 0 bridgehead atoms. The minimum atomic E-state index is -0.170. The molecule has 1 amide bonds. The van der Waals surface area contributed by atoms with Gasteiger partial charge in [-0.2, -0.15) is 0 Å². The lowest BCUT2D eigenvalue weighted by molar-refractivity contribution is -0.115. The predicted octanol–water partition coefficient (Wildman–Crippen LogP) is 3.33.